The zero-order valence-corrected chi connectivity index (χ0v) is 14.4. The Morgan fingerprint density at radius 1 is 0.840 bits per heavy atom. The minimum atomic E-state index is -0.397. The van der Waals surface area contributed by atoms with Crippen molar-refractivity contribution in [2.45, 2.75) is 20.0 Å². The molecule has 0 bridgehead atoms. The van der Waals surface area contributed by atoms with Crippen molar-refractivity contribution < 1.29 is 4.79 Å². The summed E-state index contributed by atoms with van der Waals surface area (Å²) in [5.41, 5.74) is 10.8. The normalized spacial score (nSPS) is 10.4. The van der Waals surface area contributed by atoms with Crippen molar-refractivity contribution in [3.8, 4) is 0 Å². The van der Waals surface area contributed by atoms with Crippen LogP contribution in [0.25, 0.3) is 0 Å². The average molecular weight is 330 g/mol. The molecule has 3 aromatic rings. The Balaban J connectivity index is 1.86. The third-order valence-corrected chi connectivity index (χ3v) is 4.36. The van der Waals surface area contributed by atoms with Crippen LogP contribution in [0.3, 0.4) is 0 Å². The van der Waals surface area contributed by atoms with Crippen molar-refractivity contribution in [1.29, 1.82) is 0 Å². The molecular weight excluding hydrogens is 308 g/mol. The molecule has 3 rings (SSSR count). The Kier molecular flexibility index (Phi) is 5.14. The minimum absolute atomic E-state index is 0.397. The number of benzene rings is 3. The smallest absolute Gasteiger partial charge is 0.248 e. The molecule has 0 aliphatic heterocycles. The lowest BCUT2D eigenvalue weighted by Crippen LogP contribution is -2.22. The van der Waals surface area contributed by atoms with Crippen molar-refractivity contribution >= 4 is 11.6 Å². The summed E-state index contributed by atoms with van der Waals surface area (Å²) in [7, 11) is 0. The number of aryl methyl sites for hydroxylation is 1. The highest BCUT2D eigenvalue weighted by molar-refractivity contribution is 5.92. The number of nitrogens with two attached hydrogens (primary N) is 1. The maximum atomic E-state index is 11.2. The van der Waals surface area contributed by atoms with Crippen LogP contribution in [0.5, 0.6) is 0 Å². The first-order valence-corrected chi connectivity index (χ1v) is 8.37. The van der Waals surface area contributed by atoms with Gasteiger partial charge < -0.3 is 10.6 Å². The molecule has 0 radical (unpaired) electrons. The molecule has 0 atom stereocenters. The SMILES string of the molecule is Cc1ccccc1CN(Cc1ccc(C(N)=O)cc1)c1ccccc1. The predicted octanol–water partition coefficient (Wildman–Crippen LogP) is 4.30. The Bertz CT molecular complexity index is 841. The van der Waals surface area contributed by atoms with Gasteiger partial charge in [-0.25, -0.2) is 0 Å². The molecule has 0 unspecified atom stereocenters. The van der Waals surface area contributed by atoms with Gasteiger partial charge >= 0.3 is 0 Å². The first-order valence-electron chi connectivity index (χ1n) is 8.37. The van der Waals surface area contributed by atoms with Gasteiger partial charge in [0.2, 0.25) is 5.91 Å². The molecule has 0 fully saturated rings. The highest BCUT2D eigenvalue weighted by Gasteiger charge is 2.10. The van der Waals surface area contributed by atoms with Gasteiger partial charge in [-0.05, 0) is 47.9 Å². The number of carbonyl (C=O) groups excluding carboxylic acids is 1. The third-order valence-electron chi connectivity index (χ3n) is 4.36. The molecule has 3 nitrogen and oxygen atoms in total. The molecular formula is C22H22N2O. The second-order valence-electron chi connectivity index (χ2n) is 6.18. The van der Waals surface area contributed by atoms with Gasteiger partial charge in [0.15, 0.2) is 0 Å². The van der Waals surface area contributed by atoms with E-state index in [1.54, 1.807) is 12.1 Å². The lowest BCUT2D eigenvalue weighted by atomic mass is 10.1. The monoisotopic (exact) mass is 330 g/mol. The molecule has 0 aliphatic carbocycles. The molecule has 3 heteroatoms. The first kappa shape index (κ1) is 16.8. The summed E-state index contributed by atoms with van der Waals surface area (Å²) >= 11 is 0. The fraction of sp³-hybridized carbons (Fsp3) is 0.136. The van der Waals surface area contributed by atoms with Gasteiger partial charge in [-0.3, -0.25) is 4.79 Å². The van der Waals surface area contributed by atoms with E-state index in [1.807, 2.05) is 18.2 Å². The summed E-state index contributed by atoms with van der Waals surface area (Å²) in [5, 5.41) is 0. The Morgan fingerprint density at radius 3 is 2.12 bits per heavy atom. The Hall–Kier alpha value is -3.07. The highest BCUT2D eigenvalue weighted by atomic mass is 16.1. The van der Waals surface area contributed by atoms with Crippen LogP contribution in [0, 0.1) is 6.92 Å². The van der Waals surface area contributed by atoms with Gasteiger partial charge in [0.25, 0.3) is 0 Å². The van der Waals surface area contributed by atoms with E-state index in [-0.39, 0.29) is 0 Å². The van der Waals surface area contributed by atoms with E-state index in [1.165, 1.54) is 16.8 Å². The van der Waals surface area contributed by atoms with Crippen LogP contribution in [-0.2, 0) is 13.1 Å². The van der Waals surface area contributed by atoms with Crippen LogP contribution >= 0.6 is 0 Å². The van der Waals surface area contributed by atoms with Crippen LogP contribution in [0.15, 0.2) is 78.9 Å². The van der Waals surface area contributed by atoms with Crippen molar-refractivity contribution in [3.63, 3.8) is 0 Å². The standard InChI is InChI=1S/C22H22N2O/c1-17-7-5-6-8-20(17)16-24(21-9-3-2-4-10-21)15-18-11-13-19(14-12-18)22(23)25/h2-14H,15-16H2,1H3,(H2,23,25). The molecule has 1 amide bonds. The quantitative estimate of drug-likeness (QED) is 0.732. The maximum absolute atomic E-state index is 11.2. The summed E-state index contributed by atoms with van der Waals surface area (Å²) in [4.78, 5) is 13.6. The molecule has 0 aliphatic rings. The van der Waals surface area contributed by atoms with Crippen LogP contribution in [0.2, 0.25) is 0 Å². The lowest BCUT2D eigenvalue weighted by Gasteiger charge is -2.26. The van der Waals surface area contributed by atoms with Gasteiger partial charge in [-0.1, -0.05) is 54.6 Å². The zero-order valence-electron chi connectivity index (χ0n) is 14.4. The van der Waals surface area contributed by atoms with Crippen molar-refractivity contribution in [3.05, 3.63) is 101 Å². The molecule has 0 heterocycles. The number of hydrogen-bond donors (Lipinski definition) is 1. The van der Waals surface area contributed by atoms with Crippen LogP contribution in [0.1, 0.15) is 27.0 Å². The van der Waals surface area contributed by atoms with E-state index in [4.69, 9.17) is 5.73 Å². The predicted molar refractivity (Wildman–Crippen MR) is 102 cm³/mol. The summed E-state index contributed by atoms with van der Waals surface area (Å²) in [6, 6.07) is 26.3. The fourth-order valence-corrected chi connectivity index (χ4v) is 2.87. The number of rotatable bonds is 6. The summed E-state index contributed by atoms with van der Waals surface area (Å²) in [5.74, 6) is -0.397. The largest absolute Gasteiger partial charge is 0.366 e. The number of primary amides is 1. The molecule has 2 N–H and O–H groups in total. The van der Waals surface area contributed by atoms with Gasteiger partial charge in [0, 0.05) is 24.3 Å². The van der Waals surface area contributed by atoms with E-state index in [9.17, 15) is 4.79 Å². The van der Waals surface area contributed by atoms with Gasteiger partial charge in [-0.15, -0.1) is 0 Å². The minimum Gasteiger partial charge on any atom is -0.366 e. The van der Waals surface area contributed by atoms with Crippen molar-refractivity contribution in [2.75, 3.05) is 4.90 Å². The van der Waals surface area contributed by atoms with E-state index >= 15 is 0 Å². The van der Waals surface area contributed by atoms with E-state index < -0.39 is 5.91 Å². The third kappa shape index (κ3) is 4.27. The van der Waals surface area contributed by atoms with Crippen LogP contribution in [0.4, 0.5) is 5.69 Å². The van der Waals surface area contributed by atoms with Crippen molar-refractivity contribution in [2.24, 2.45) is 5.73 Å². The van der Waals surface area contributed by atoms with Gasteiger partial charge in [0.1, 0.15) is 0 Å². The number of anilines is 1. The second-order valence-corrected chi connectivity index (χ2v) is 6.18. The average Bonchev–Trinajstić information content (AvgIpc) is 2.64. The summed E-state index contributed by atoms with van der Waals surface area (Å²) in [6.45, 7) is 3.73. The summed E-state index contributed by atoms with van der Waals surface area (Å²) < 4.78 is 0. The Morgan fingerprint density at radius 2 is 1.48 bits per heavy atom. The number of amides is 1. The van der Waals surface area contributed by atoms with Crippen LogP contribution < -0.4 is 10.6 Å². The topological polar surface area (TPSA) is 46.3 Å². The number of para-hydroxylation sites is 1. The second kappa shape index (κ2) is 7.67. The molecule has 0 spiro atoms. The number of carbonyl (C=O) groups is 1. The Labute approximate surface area is 148 Å². The fourth-order valence-electron chi connectivity index (χ4n) is 2.87. The van der Waals surface area contributed by atoms with Gasteiger partial charge in [0.05, 0.1) is 0 Å². The van der Waals surface area contributed by atoms with E-state index in [0.717, 1.165) is 18.7 Å². The molecule has 25 heavy (non-hydrogen) atoms. The zero-order chi connectivity index (χ0) is 17.6. The van der Waals surface area contributed by atoms with Gasteiger partial charge in [-0.2, -0.15) is 0 Å². The van der Waals surface area contributed by atoms with Crippen LogP contribution in [-0.4, -0.2) is 5.91 Å². The van der Waals surface area contributed by atoms with Crippen molar-refractivity contribution in [1.82, 2.24) is 0 Å². The highest BCUT2D eigenvalue weighted by Crippen LogP contribution is 2.21. The molecule has 0 saturated heterocycles. The molecule has 126 valence electrons. The summed E-state index contributed by atoms with van der Waals surface area (Å²) in [6.07, 6.45) is 0. The number of nitrogens with zero attached hydrogens (tertiary/aromatic N) is 1. The molecule has 0 saturated carbocycles. The maximum Gasteiger partial charge on any atom is 0.248 e. The first-order chi connectivity index (χ1) is 12.1. The van der Waals surface area contributed by atoms with E-state index in [0.29, 0.717) is 5.56 Å². The lowest BCUT2D eigenvalue weighted by molar-refractivity contribution is 0.100. The number of hydrogen-bond acceptors (Lipinski definition) is 2. The molecule has 3 aromatic carbocycles. The molecule has 0 aromatic heterocycles. The van der Waals surface area contributed by atoms with E-state index in [2.05, 4.69) is 60.4 Å².